The van der Waals surface area contributed by atoms with Crippen molar-refractivity contribution in [2.24, 2.45) is 11.3 Å². The van der Waals surface area contributed by atoms with E-state index in [0.717, 1.165) is 10.0 Å². The standard InChI is InChI=1S/C17H19BrO4/c1-17(2,3)16(20)22-10-11-8-14(15(19)21-9-11)12-4-6-13(18)7-5-12/h4-8,11H,9-10H2,1-3H3. The number of rotatable bonds is 3. The summed E-state index contributed by atoms with van der Waals surface area (Å²) in [6.45, 7) is 5.86. The van der Waals surface area contributed by atoms with Gasteiger partial charge in [-0.1, -0.05) is 34.1 Å². The topological polar surface area (TPSA) is 52.6 Å². The third-order valence-electron chi connectivity index (χ3n) is 3.25. The van der Waals surface area contributed by atoms with E-state index in [1.165, 1.54) is 0 Å². The highest BCUT2D eigenvalue weighted by atomic mass is 79.9. The molecule has 0 saturated heterocycles. The Morgan fingerprint density at radius 1 is 1.32 bits per heavy atom. The van der Waals surface area contributed by atoms with Crippen LogP contribution in [0.4, 0.5) is 0 Å². The number of carbonyl (C=O) groups is 2. The van der Waals surface area contributed by atoms with Crippen LogP contribution in [-0.4, -0.2) is 25.2 Å². The first kappa shape index (κ1) is 16.7. The van der Waals surface area contributed by atoms with Crippen LogP contribution >= 0.6 is 15.9 Å². The zero-order chi connectivity index (χ0) is 16.3. The summed E-state index contributed by atoms with van der Waals surface area (Å²) >= 11 is 3.36. The Bertz CT molecular complexity index is 596. The summed E-state index contributed by atoms with van der Waals surface area (Å²) in [5, 5.41) is 0. The third kappa shape index (κ3) is 4.19. The zero-order valence-electron chi connectivity index (χ0n) is 12.9. The number of carbonyl (C=O) groups excluding carboxylic acids is 2. The second-order valence-corrected chi connectivity index (χ2v) is 7.21. The molecule has 5 heteroatoms. The van der Waals surface area contributed by atoms with Crippen LogP contribution in [0.15, 0.2) is 34.8 Å². The normalized spacial score (nSPS) is 18.5. The second-order valence-electron chi connectivity index (χ2n) is 6.29. The van der Waals surface area contributed by atoms with Crippen molar-refractivity contribution in [3.8, 4) is 0 Å². The summed E-state index contributed by atoms with van der Waals surface area (Å²) in [5.74, 6) is -0.730. The molecule has 0 aromatic heterocycles. The van der Waals surface area contributed by atoms with Gasteiger partial charge in [0.1, 0.15) is 13.2 Å². The molecule has 0 N–H and O–H groups in total. The first-order chi connectivity index (χ1) is 10.3. The lowest BCUT2D eigenvalue weighted by atomic mass is 9.96. The highest BCUT2D eigenvalue weighted by Crippen LogP contribution is 2.25. The molecular weight excluding hydrogens is 348 g/mol. The van der Waals surface area contributed by atoms with Gasteiger partial charge in [-0.15, -0.1) is 0 Å². The van der Waals surface area contributed by atoms with Crippen LogP contribution in [0, 0.1) is 11.3 Å². The van der Waals surface area contributed by atoms with E-state index < -0.39 is 5.41 Å². The number of ether oxygens (including phenoxy) is 2. The molecule has 22 heavy (non-hydrogen) atoms. The summed E-state index contributed by atoms with van der Waals surface area (Å²) in [5.41, 5.74) is 0.763. The van der Waals surface area contributed by atoms with E-state index in [0.29, 0.717) is 5.57 Å². The number of esters is 2. The first-order valence-electron chi connectivity index (χ1n) is 7.09. The number of hydrogen-bond donors (Lipinski definition) is 0. The molecule has 0 saturated carbocycles. The zero-order valence-corrected chi connectivity index (χ0v) is 14.5. The Hall–Kier alpha value is -1.62. The van der Waals surface area contributed by atoms with Crippen molar-refractivity contribution in [1.29, 1.82) is 0 Å². The van der Waals surface area contributed by atoms with E-state index in [-0.39, 0.29) is 31.1 Å². The molecular formula is C17H19BrO4. The largest absolute Gasteiger partial charge is 0.465 e. The molecule has 0 bridgehead atoms. The molecule has 2 rings (SSSR count). The first-order valence-corrected chi connectivity index (χ1v) is 7.89. The molecule has 0 aliphatic carbocycles. The second kappa shape index (κ2) is 6.65. The Morgan fingerprint density at radius 2 is 1.95 bits per heavy atom. The molecule has 1 aromatic carbocycles. The number of benzene rings is 1. The van der Waals surface area contributed by atoms with Gasteiger partial charge in [-0.25, -0.2) is 4.79 Å². The fourth-order valence-corrected chi connectivity index (χ4v) is 2.22. The van der Waals surface area contributed by atoms with Gasteiger partial charge in [-0.2, -0.15) is 0 Å². The van der Waals surface area contributed by atoms with Gasteiger partial charge in [0.2, 0.25) is 0 Å². The maximum Gasteiger partial charge on any atom is 0.338 e. The van der Waals surface area contributed by atoms with E-state index >= 15 is 0 Å². The van der Waals surface area contributed by atoms with E-state index in [4.69, 9.17) is 9.47 Å². The lowest BCUT2D eigenvalue weighted by Gasteiger charge is -2.23. The predicted molar refractivity (Wildman–Crippen MR) is 87.0 cm³/mol. The predicted octanol–water partition coefficient (Wildman–Crippen LogP) is 3.59. The number of hydrogen-bond acceptors (Lipinski definition) is 4. The maximum atomic E-state index is 11.9. The average Bonchev–Trinajstić information content (AvgIpc) is 2.46. The highest BCUT2D eigenvalue weighted by molar-refractivity contribution is 9.10. The van der Waals surface area contributed by atoms with Crippen LogP contribution in [0.5, 0.6) is 0 Å². The molecule has 1 aromatic rings. The molecule has 0 spiro atoms. The fourth-order valence-electron chi connectivity index (χ4n) is 1.95. The fraction of sp³-hybridized carbons (Fsp3) is 0.412. The van der Waals surface area contributed by atoms with Gasteiger partial charge < -0.3 is 9.47 Å². The third-order valence-corrected chi connectivity index (χ3v) is 3.78. The van der Waals surface area contributed by atoms with Gasteiger partial charge in [0.15, 0.2) is 0 Å². The molecule has 1 aliphatic rings. The lowest BCUT2D eigenvalue weighted by Crippen LogP contribution is -2.29. The molecule has 118 valence electrons. The smallest absolute Gasteiger partial charge is 0.338 e. The van der Waals surface area contributed by atoms with Crippen LogP contribution < -0.4 is 0 Å². The Balaban J connectivity index is 2.10. The van der Waals surface area contributed by atoms with E-state index in [9.17, 15) is 9.59 Å². The molecule has 0 radical (unpaired) electrons. The van der Waals surface area contributed by atoms with Crippen LogP contribution in [-0.2, 0) is 19.1 Å². The van der Waals surface area contributed by atoms with E-state index in [1.807, 2.05) is 30.3 Å². The summed E-state index contributed by atoms with van der Waals surface area (Å²) in [6.07, 6.45) is 1.82. The van der Waals surface area contributed by atoms with Crippen LogP contribution in [0.3, 0.4) is 0 Å². The summed E-state index contributed by atoms with van der Waals surface area (Å²) < 4.78 is 11.4. The van der Waals surface area contributed by atoms with Gasteiger partial charge in [0, 0.05) is 10.4 Å². The van der Waals surface area contributed by atoms with Gasteiger partial charge in [0.25, 0.3) is 0 Å². The van der Waals surface area contributed by atoms with Crippen molar-refractivity contribution in [3.05, 3.63) is 40.4 Å². The SMILES string of the molecule is CC(C)(C)C(=O)OCC1C=C(c2ccc(Br)cc2)C(=O)OC1. The molecule has 1 aliphatic heterocycles. The molecule has 1 unspecified atom stereocenters. The van der Waals surface area contributed by atoms with Crippen molar-refractivity contribution in [2.45, 2.75) is 20.8 Å². The highest BCUT2D eigenvalue weighted by Gasteiger charge is 2.27. The summed E-state index contributed by atoms with van der Waals surface area (Å²) in [4.78, 5) is 23.7. The molecule has 1 atom stereocenters. The monoisotopic (exact) mass is 366 g/mol. The minimum Gasteiger partial charge on any atom is -0.465 e. The van der Waals surface area contributed by atoms with Gasteiger partial charge in [-0.05, 0) is 38.5 Å². The van der Waals surface area contributed by atoms with Crippen molar-refractivity contribution in [1.82, 2.24) is 0 Å². The lowest BCUT2D eigenvalue weighted by molar-refractivity contribution is -0.154. The van der Waals surface area contributed by atoms with Crippen LogP contribution in [0.1, 0.15) is 26.3 Å². The van der Waals surface area contributed by atoms with Crippen molar-refractivity contribution in [3.63, 3.8) is 0 Å². The Morgan fingerprint density at radius 3 is 2.55 bits per heavy atom. The number of halogens is 1. The Kier molecular flexibility index (Phi) is 5.06. The Labute approximate surface area is 138 Å². The van der Waals surface area contributed by atoms with E-state index in [2.05, 4.69) is 15.9 Å². The maximum absolute atomic E-state index is 11.9. The summed E-state index contributed by atoms with van der Waals surface area (Å²) in [7, 11) is 0. The molecule has 1 heterocycles. The molecule has 4 nitrogen and oxygen atoms in total. The quantitative estimate of drug-likeness (QED) is 0.767. The minimum absolute atomic E-state index is 0.123. The van der Waals surface area contributed by atoms with Gasteiger partial charge >= 0.3 is 11.9 Å². The van der Waals surface area contributed by atoms with Crippen LogP contribution in [0.25, 0.3) is 5.57 Å². The van der Waals surface area contributed by atoms with Crippen LogP contribution in [0.2, 0.25) is 0 Å². The van der Waals surface area contributed by atoms with Crippen molar-refractivity contribution < 1.29 is 19.1 Å². The number of cyclic esters (lactones) is 1. The molecule has 0 amide bonds. The average molecular weight is 367 g/mol. The minimum atomic E-state index is -0.538. The van der Waals surface area contributed by atoms with Gasteiger partial charge in [0.05, 0.1) is 11.0 Å². The van der Waals surface area contributed by atoms with Crippen molar-refractivity contribution >= 4 is 33.4 Å². The van der Waals surface area contributed by atoms with E-state index in [1.54, 1.807) is 20.8 Å². The summed E-state index contributed by atoms with van der Waals surface area (Å²) in [6, 6.07) is 7.43. The molecule has 0 fully saturated rings. The van der Waals surface area contributed by atoms with Crippen molar-refractivity contribution in [2.75, 3.05) is 13.2 Å². The van der Waals surface area contributed by atoms with Gasteiger partial charge in [-0.3, -0.25) is 4.79 Å².